The van der Waals surface area contributed by atoms with Gasteiger partial charge in [-0.25, -0.2) is 0 Å². The largest absolute Gasteiger partial charge is 0.328 e. The van der Waals surface area contributed by atoms with Crippen molar-refractivity contribution in [2.75, 3.05) is 28.2 Å². The predicted molar refractivity (Wildman–Crippen MR) is 119 cm³/mol. The Morgan fingerprint density at radius 2 is 1.90 bits per heavy atom. The molecule has 160 valence electrons. The van der Waals surface area contributed by atoms with Gasteiger partial charge in [-0.05, 0) is 37.1 Å². The summed E-state index contributed by atoms with van der Waals surface area (Å²) in [7, 11) is -3.97. The lowest BCUT2D eigenvalue weighted by Crippen LogP contribution is -2.42. The molecule has 3 heterocycles. The number of sulfonamides is 1. The van der Waals surface area contributed by atoms with Gasteiger partial charge in [0, 0.05) is 13.0 Å². The van der Waals surface area contributed by atoms with E-state index in [0.29, 0.717) is 35.9 Å². The molecular weight excluding hydrogens is 440 g/mol. The maximum atomic E-state index is 13.4. The van der Waals surface area contributed by atoms with Crippen molar-refractivity contribution in [2.24, 2.45) is 4.40 Å². The lowest BCUT2D eigenvalue weighted by atomic mass is 10.1. The second-order valence-corrected chi connectivity index (χ2v) is 9.68. The molecule has 0 aliphatic carbocycles. The molecule has 5 rings (SSSR count). The van der Waals surface area contributed by atoms with E-state index >= 15 is 0 Å². The molecule has 0 atom stereocenters. The minimum Gasteiger partial charge on any atom is -0.328 e. The van der Waals surface area contributed by atoms with E-state index in [1.165, 1.54) is 17.0 Å². The molecule has 2 aromatic rings. The van der Waals surface area contributed by atoms with Crippen LogP contribution < -0.4 is 15.1 Å². The number of carbonyl (C=O) groups excluding carboxylic acids is 2. The van der Waals surface area contributed by atoms with Crippen LogP contribution in [0.1, 0.15) is 36.0 Å². The third kappa shape index (κ3) is 3.37. The summed E-state index contributed by atoms with van der Waals surface area (Å²) in [6, 6.07) is 9.73. The molecule has 1 N–H and O–H groups in total. The maximum Gasteiger partial charge on any atom is 0.286 e. The van der Waals surface area contributed by atoms with Crippen LogP contribution in [0.5, 0.6) is 0 Å². The molecule has 0 saturated carbocycles. The third-order valence-corrected chi connectivity index (χ3v) is 7.33. The zero-order valence-electron chi connectivity index (χ0n) is 16.5. The number of fused-ring (bicyclic) bond motifs is 4. The molecule has 1 saturated heterocycles. The van der Waals surface area contributed by atoms with Gasteiger partial charge in [0.2, 0.25) is 5.91 Å². The number of hydrogen-bond acceptors (Lipinski definition) is 5. The van der Waals surface area contributed by atoms with Gasteiger partial charge in [0.1, 0.15) is 17.3 Å². The van der Waals surface area contributed by atoms with Gasteiger partial charge in [-0.15, -0.1) is 4.40 Å². The molecule has 10 heteroatoms. The molecule has 3 aliphatic rings. The van der Waals surface area contributed by atoms with Crippen LogP contribution in [-0.4, -0.2) is 39.2 Å². The Labute approximate surface area is 184 Å². The number of anilines is 3. The first kappa shape index (κ1) is 20.0. The highest BCUT2D eigenvalue weighted by molar-refractivity contribution is 7.90. The lowest BCUT2D eigenvalue weighted by Gasteiger charge is -2.31. The van der Waals surface area contributed by atoms with Crippen LogP contribution in [0, 0.1) is 0 Å². The van der Waals surface area contributed by atoms with E-state index in [9.17, 15) is 18.0 Å². The summed E-state index contributed by atoms with van der Waals surface area (Å²) in [5.41, 5.74) is 1.50. The average Bonchev–Trinajstić information content (AvgIpc) is 2.97. The van der Waals surface area contributed by atoms with Gasteiger partial charge in [-0.3, -0.25) is 14.5 Å². The van der Waals surface area contributed by atoms with Crippen LogP contribution in [0.3, 0.4) is 0 Å². The van der Waals surface area contributed by atoms with Crippen molar-refractivity contribution in [3.8, 4) is 0 Å². The van der Waals surface area contributed by atoms with Crippen LogP contribution >= 0.6 is 11.6 Å². The van der Waals surface area contributed by atoms with Crippen LogP contribution in [0.4, 0.5) is 17.1 Å². The van der Waals surface area contributed by atoms with Crippen molar-refractivity contribution < 1.29 is 18.0 Å². The van der Waals surface area contributed by atoms with Crippen molar-refractivity contribution in [3.05, 3.63) is 47.0 Å². The van der Waals surface area contributed by atoms with E-state index in [2.05, 4.69) is 9.71 Å². The fraction of sp³-hybridized carbons (Fsp3) is 0.286. The predicted octanol–water partition coefficient (Wildman–Crippen LogP) is 3.42. The number of benzene rings is 2. The Bertz CT molecular complexity index is 1260. The van der Waals surface area contributed by atoms with Gasteiger partial charge in [-0.2, -0.15) is 8.42 Å². The number of amides is 2. The number of carbonyl (C=O) groups is 2. The molecule has 0 spiro atoms. The minimum atomic E-state index is -3.97. The molecule has 0 radical (unpaired) electrons. The van der Waals surface area contributed by atoms with E-state index in [4.69, 9.17) is 11.6 Å². The Morgan fingerprint density at radius 1 is 1.10 bits per heavy atom. The zero-order chi connectivity index (χ0) is 21.8. The number of amidine groups is 1. The summed E-state index contributed by atoms with van der Waals surface area (Å²) >= 11 is 6.49. The van der Waals surface area contributed by atoms with Crippen LogP contribution in [-0.2, 0) is 14.8 Å². The number of hydrogen-bond donors (Lipinski definition) is 1. The number of halogens is 1. The molecule has 0 aromatic heterocycles. The van der Waals surface area contributed by atoms with Crippen LogP contribution in [0.2, 0.25) is 5.02 Å². The molecule has 8 nitrogen and oxygen atoms in total. The molecule has 3 aliphatic heterocycles. The topological polar surface area (TPSA) is 99.2 Å². The van der Waals surface area contributed by atoms with Gasteiger partial charge in [-0.1, -0.05) is 30.2 Å². The SMILES string of the molecule is O=C1CN(C(=O)c2cc3c(cc2Cl)N2CCCCCC2=NS3(=O)=O)c2ccccc2N1. The normalized spacial score (nSPS) is 19.4. The molecule has 2 aromatic carbocycles. The summed E-state index contributed by atoms with van der Waals surface area (Å²) in [6.45, 7) is 0.453. The van der Waals surface area contributed by atoms with E-state index < -0.39 is 15.9 Å². The first-order valence-electron chi connectivity index (χ1n) is 10.0. The Kier molecular flexibility index (Phi) is 4.75. The molecule has 1 fully saturated rings. The Balaban J connectivity index is 1.61. The summed E-state index contributed by atoms with van der Waals surface area (Å²) in [5.74, 6) is -0.370. The molecule has 2 amide bonds. The van der Waals surface area contributed by atoms with Gasteiger partial charge in [0.05, 0.1) is 27.6 Å². The third-order valence-electron chi connectivity index (χ3n) is 5.68. The van der Waals surface area contributed by atoms with E-state index in [1.807, 2.05) is 4.90 Å². The molecular formula is C21H19ClN4O4S. The minimum absolute atomic E-state index is 0.0157. The number of nitrogens with zero attached hydrogens (tertiary/aromatic N) is 3. The number of rotatable bonds is 1. The maximum absolute atomic E-state index is 13.4. The smallest absolute Gasteiger partial charge is 0.286 e. The second kappa shape index (κ2) is 7.35. The van der Waals surface area contributed by atoms with E-state index in [0.717, 1.165) is 19.3 Å². The monoisotopic (exact) mass is 458 g/mol. The molecule has 0 bridgehead atoms. The van der Waals surface area contributed by atoms with Crippen molar-refractivity contribution >= 4 is 56.3 Å². The van der Waals surface area contributed by atoms with Crippen molar-refractivity contribution in [3.63, 3.8) is 0 Å². The first-order chi connectivity index (χ1) is 14.8. The molecule has 0 unspecified atom stereocenters. The number of nitrogens with one attached hydrogen (secondary N) is 1. The summed E-state index contributed by atoms with van der Waals surface area (Å²) in [6.07, 6.45) is 3.36. The first-order valence-corrected chi connectivity index (χ1v) is 11.8. The lowest BCUT2D eigenvalue weighted by molar-refractivity contribution is -0.115. The highest BCUT2D eigenvalue weighted by atomic mass is 35.5. The highest BCUT2D eigenvalue weighted by Crippen LogP contribution is 2.39. The van der Waals surface area contributed by atoms with Crippen LogP contribution in [0.15, 0.2) is 45.7 Å². The highest BCUT2D eigenvalue weighted by Gasteiger charge is 2.35. The summed E-state index contributed by atoms with van der Waals surface area (Å²) in [5, 5.41) is 2.86. The van der Waals surface area contributed by atoms with E-state index in [1.54, 1.807) is 24.3 Å². The van der Waals surface area contributed by atoms with Gasteiger partial charge < -0.3 is 10.2 Å². The quantitative estimate of drug-likeness (QED) is 0.705. The summed E-state index contributed by atoms with van der Waals surface area (Å²) < 4.78 is 29.8. The Morgan fingerprint density at radius 3 is 2.74 bits per heavy atom. The number of para-hydroxylation sites is 2. The van der Waals surface area contributed by atoms with Crippen molar-refractivity contribution in [1.29, 1.82) is 0 Å². The average molecular weight is 459 g/mol. The summed E-state index contributed by atoms with van der Waals surface area (Å²) in [4.78, 5) is 28.6. The van der Waals surface area contributed by atoms with Crippen molar-refractivity contribution in [2.45, 2.75) is 30.6 Å². The van der Waals surface area contributed by atoms with Gasteiger partial charge >= 0.3 is 0 Å². The van der Waals surface area contributed by atoms with Gasteiger partial charge in [0.25, 0.3) is 15.9 Å². The fourth-order valence-electron chi connectivity index (χ4n) is 4.22. The van der Waals surface area contributed by atoms with E-state index in [-0.39, 0.29) is 27.9 Å². The fourth-order valence-corrected chi connectivity index (χ4v) is 5.72. The van der Waals surface area contributed by atoms with Crippen molar-refractivity contribution in [1.82, 2.24) is 0 Å². The second-order valence-electron chi connectivity index (χ2n) is 7.70. The standard InChI is InChI=1S/C21H19ClN4O4S/c22-14-11-17-18(31(29,30)24-19-8-2-1-5-9-25(17)19)10-13(14)21(28)26-12-20(27)23-15-6-3-4-7-16(15)26/h3-4,6-7,10-11H,1-2,5,8-9,12H2,(H,23,27). The molecule has 31 heavy (non-hydrogen) atoms. The zero-order valence-corrected chi connectivity index (χ0v) is 18.0. The van der Waals surface area contributed by atoms with Crippen LogP contribution in [0.25, 0.3) is 0 Å². The van der Waals surface area contributed by atoms with Gasteiger partial charge in [0.15, 0.2) is 0 Å². The Hall–Kier alpha value is -2.91.